The van der Waals surface area contributed by atoms with Crippen molar-refractivity contribution in [2.45, 2.75) is 37.5 Å². The zero-order chi connectivity index (χ0) is 29.3. The van der Waals surface area contributed by atoms with Crippen molar-refractivity contribution < 1.29 is 23.1 Å². The van der Waals surface area contributed by atoms with E-state index in [1.807, 2.05) is 74.0 Å². The Balaban J connectivity index is 1.61. The quantitative estimate of drug-likeness (QED) is 0.365. The summed E-state index contributed by atoms with van der Waals surface area (Å²) in [5.41, 5.74) is 4.12. The fraction of sp³-hybridized carbons (Fsp3) is 0.344. The van der Waals surface area contributed by atoms with Gasteiger partial charge in [-0.25, -0.2) is 8.42 Å². The van der Waals surface area contributed by atoms with E-state index < -0.39 is 22.2 Å². The van der Waals surface area contributed by atoms with Crippen molar-refractivity contribution in [3.05, 3.63) is 90.1 Å². The summed E-state index contributed by atoms with van der Waals surface area (Å²) in [4.78, 5) is 16.3. The van der Waals surface area contributed by atoms with E-state index in [1.165, 1.54) is 4.31 Å². The summed E-state index contributed by atoms with van der Waals surface area (Å²) in [6, 6.07) is 23.7. The molecule has 1 aliphatic heterocycles. The third-order valence-electron chi connectivity index (χ3n) is 8.11. The molecule has 0 radical (unpaired) electrons. The number of aliphatic hydroxyl groups is 1. The van der Waals surface area contributed by atoms with Gasteiger partial charge >= 0.3 is 0 Å². The van der Waals surface area contributed by atoms with Crippen LogP contribution in [0, 0.1) is 5.92 Å². The van der Waals surface area contributed by atoms with Gasteiger partial charge < -0.3 is 19.3 Å². The molecule has 9 heteroatoms. The fourth-order valence-corrected chi connectivity index (χ4v) is 6.85. The van der Waals surface area contributed by atoms with Gasteiger partial charge in [-0.1, -0.05) is 67.6 Å². The van der Waals surface area contributed by atoms with Gasteiger partial charge in [-0.15, -0.1) is 0 Å². The number of ether oxygens (including phenoxy) is 1. The number of rotatable bonds is 6. The molecule has 8 nitrogen and oxygen atoms in total. The number of carbonyl (C=O) groups is 1. The van der Waals surface area contributed by atoms with Crippen molar-refractivity contribution >= 4 is 26.8 Å². The predicted octanol–water partition coefficient (Wildman–Crippen LogP) is 4.52. The second-order valence-corrected chi connectivity index (χ2v) is 12.9. The van der Waals surface area contributed by atoms with Crippen LogP contribution in [0.15, 0.2) is 83.8 Å². The first kappa shape index (κ1) is 29.0. The number of aliphatic hydroxyl groups excluding tert-OH is 1. The molecule has 3 aromatic carbocycles. The smallest absolute Gasteiger partial charge is 0.271 e. The first-order valence-corrected chi connectivity index (χ1v) is 15.3. The van der Waals surface area contributed by atoms with Crippen LogP contribution in [-0.4, -0.2) is 72.1 Å². The van der Waals surface area contributed by atoms with Gasteiger partial charge in [0.1, 0.15) is 5.69 Å². The molecule has 1 amide bonds. The number of para-hydroxylation sites is 1. The van der Waals surface area contributed by atoms with E-state index in [-0.39, 0.29) is 43.0 Å². The highest BCUT2D eigenvalue weighted by Crippen LogP contribution is 2.38. The molecule has 0 aliphatic carbocycles. The minimum atomic E-state index is -3.75. The molecular weight excluding hydrogens is 538 g/mol. The number of fused-ring (bicyclic) bond motifs is 5. The molecule has 0 saturated carbocycles. The van der Waals surface area contributed by atoms with Crippen LogP contribution in [-0.2, 0) is 28.4 Å². The normalized spacial score (nSPS) is 19.1. The fourth-order valence-electron chi connectivity index (χ4n) is 5.65. The van der Waals surface area contributed by atoms with Gasteiger partial charge in [-0.05, 0) is 36.2 Å². The second kappa shape index (κ2) is 11.8. The predicted molar refractivity (Wildman–Crippen MR) is 160 cm³/mol. The van der Waals surface area contributed by atoms with Crippen LogP contribution in [0.5, 0.6) is 0 Å². The number of aryl methyl sites for hydroxylation is 1. The van der Waals surface area contributed by atoms with E-state index in [9.17, 15) is 18.3 Å². The molecule has 0 spiro atoms. The molecule has 2 heterocycles. The number of hydrogen-bond acceptors (Lipinski definition) is 5. The van der Waals surface area contributed by atoms with E-state index >= 15 is 0 Å². The van der Waals surface area contributed by atoms with Crippen LogP contribution in [0.4, 0.5) is 0 Å². The van der Waals surface area contributed by atoms with Gasteiger partial charge in [0.15, 0.2) is 0 Å². The number of amides is 1. The molecule has 4 aromatic rings. The topological polar surface area (TPSA) is 92.1 Å². The molecule has 0 bridgehead atoms. The third kappa shape index (κ3) is 5.42. The lowest BCUT2D eigenvalue weighted by Gasteiger charge is -2.35. The first-order valence-electron chi connectivity index (χ1n) is 13.9. The molecule has 1 N–H and O–H groups in total. The lowest BCUT2D eigenvalue weighted by molar-refractivity contribution is -0.0147. The molecule has 1 aromatic heterocycles. The summed E-state index contributed by atoms with van der Waals surface area (Å²) in [6.07, 6.45) is -0.523. The summed E-state index contributed by atoms with van der Waals surface area (Å²) in [7, 11) is -0.295. The van der Waals surface area contributed by atoms with Gasteiger partial charge in [-0.2, -0.15) is 4.31 Å². The largest absolute Gasteiger partial charge is 0.394 e. The van der Waals surface area contributed by atoms with E-state index in [1.54, 1.807) is 42.3 Å². The Morgan fingerprint density at radius 1 is 1.02 bits per heavy atom. The number of likely N-dealkylation sites (N-methyl/N-ethyl adjacent to an activating group) is 1. The molecule has 0 unspecified atom stereocenters. The summed E-state index contributed by atoms with van der Waals surface area (Å²) in [5, 5.41) is 11.1. The average Bonchev–Trinajstić information content (AvgIpc) is 3.28. The number of aromatic nitrogens is 1. The monoisotopic (exact) mass is 575 g/mol. The van der Waals surface area contributed by atoms with Gasteiger partial charge in [0.2, 0.25) is 10.0 Å². The molecule has 0 fully saturated rings. The van der Waals surface area contributed by atoms with E-state index in [0.717, 1.165) is 27.6 Å². The van der Waals surface area contributed by atoms with Gasteiger partial charge in [0.05, 0.1) is 30.3 Å². The number of carbonyl (C=O) groups excluding carboxylic acids is 1. The van der Waals surface area contributed by atoms with Crippen LogP contribution in [0.1, 0.15) is 29.9 Å². The summed E-state index contributed by atoms with van der Waals surface area (Å²) >= 11 is 0. The molecule has 41 heavy (non-hydrogen) atoms. The summed E-state index contributed by atoms with van der Waals surface area (Å²) in [5.74, 6) is -0.433. The Labute approximate surface area is 241 Å². The first-order chi connectivity index (χ1) is 19.6. The number of hydrogen-bond donors (Lipinski definition) is 1. The van der Waals surface area contributed by atoms with Crippen LogP contribution in [0.2, 0.25) is 0 Å². The van der Waals surface area contributed by atoms with Crippen LogP contribution in [0.3, 0.4) is 0 Å². The van der Waals surface area contributed by atoms with Crippen molar-refractivity contribution in [1.82, 2.24) is 13.8 Å². The number of nitrogens with zero attached hydrogens (tertiary/aromatic N) is 3. The Hall–Kier alpha value is -3.50. The van der Waals surface area contributed by atoms with E-state index in [0.29, 0.717) is 5.69 Å². The Kier molecular flexibility index (Phi) is 8.33. The highest BCUT2D eigenvalue weighted by Gasteiger charge is 2.34. The lowest BCUT2D eigenvalue weighted by Crippen LogP contribution is -2.48. The lowest BCUT2D eigenvalue weighted by atomic mass is 9.96. The number of benzene rings is 3. The maximum atomic E-state index is 14.4. The van der Waals surface area contributed by atoms with Gasteiger partial charge in [0.25, 0.3) is 5.91 Å². The molecule has 1 aliphatic rings. The van der Waals surface area contributed by atoms with E-state index in [2.05, 4.69) is 0 Å². The van der Waals surface area contributed by atoms with Crippen LogP contribution in [0.25, 0.3) is 22.0 Å². The standard InChI is InChI=1S/C32H37N3O5S/c1-22-18-35(23(2)20-36)32(37)31-30(27-16-10-11-17-28(27)34(31)4)26-15-9-8-12-24(26)21-40-29(22)19-33(3)41(38,39)25-13-6-5-7-14-25/h5-17,22-23,29,36H,18-21H2,1-4H3/t22-,23-,29+/m0/s1. The Bertz CT molecular complexity index is 1650. The summed E-state index contributed by atoms with van der Waals surface area (Å²) in [6.45, 7) is 4.21. The molecule has 5 rings (SSSR count). The van der Waals surface area contributed by atoms with Gasteiger partial charge in [0, 0.05) is 49.6 Å². The maximum absolute atomic E-state index is 14.4. The van der Waals surface area contributed by atoms with Crippen LogP contribution >= 0.6 is 0 Å². The van der Waals surface area contributed by atoms with Crippen LogP contribution < -0.4 is 0 Å². The molecule has 216 valence electrons. The highest BCUT2D eigenvalue weighted by atomic mass is 32.2. The van der Waals surface area contributed by atoms with E-state index in [4.69, 9.17) is 4.74 Å². The minimum absolute atomic E-state index is 0.103. The average molecular weight is 576 g/mol. The summed E-state index contributed by atoms with van der Waals surface area (Å²) < 4.78 is 36.5. The highest BCUT2D eigenvalue weighted by molar-refractivity contribution is 7.89. The van der Waals surface area contributed by atoms with Crippen molar-refractivity contribution in [2.24, 2.45) is 13.0 Å². The van der Waals surface area contributed by atoms with Crippen molar-refractivity contribution in [3.8, 4) is 11.1 Å². The number of sulfonamides is 1. The van der Waals surface area contributed by atoms with Crippen molar-refractivity contribution in [1.29, 1.82) is 0 Å². The maximum Gasteiger partial charge on any atom is 0.271 e. The Morgan fingerprint density at radius 2 is 1.68 bits per heavy atom. The Morgan fingerprint density at radius 3 is 2.41 bits per heavy atom. The molecule has 0 saturated heterocycles. The zero-order valence-electron chi connectivity index (χ0n) is 23.9. The van der Waals surface area contributed by atoms with Crippen molar-refractivity contribution in [3.63, 3.8) is 0 Å². The second-order valence-electron chi connectivity index (χ2n) is 10.9. The van der Waals surface area contributed by atoms with Gasteiger partial charge in [-0.3, -0.25) is 4.79 Å². The zero-order valence-corrected chi connectivity index (χ0v) is 24.7. The minimum Gasteiger partial charge on any atom is -0.394 e. The van der Waals surface area contributed by atoms with Crippen molar-refractivity contribution in [2.75, 3.05) is 26.7 Å². The SMILES string of the molecule is C[C@H]1CN([C@@H](C)CO)C(=O)c2c(c3ccccc3n2C)-c2ccccc2CO[C@@H]1CN(C)S(=O)(=O)c1ccccc1. The molecule has 3 atom stereocenters. The third-order valence-corrected chi connectivity index (χ3v) is 9.95. The molecular formula is C32H37N3O5S.